The van der Waals surface area contributed by atoms with Gasteiger partial charge in [-0.3, -0.25) is 4.98 Å². The molecule has 0 radical (unpaired) electrons. The molecule has 2 heterocycles. The van der Waals surface area contributed by atoms with Crippen LogP contribution in [0.3, 0.4) is 0 Å². The van der Waals surface area contributed by atoms with Crippen molar-refractivity contribution in [3.05, 3.63) is 115 Å². The second-order valence-electron chi connectivity index (χ2n) is 7.72. The Morgan fingerprint density at radius 2 is 1.18 bits per heavy atom. The molecule has 0 N–H and O–H groups in total. The van der Waals surface area contributed by atoms with Gasteiger partial charge in [0.1, 0.15) is 0 Å². The van der Waals surface area contributed by atoms with Crippen molar-refractivity contribution in [3.63, 3.8) is 0 Å². The second kappa shape index (κ2) is 8.06. The van der Waals surface area contributed by atoms with E-state index >= 15 is 0 Å². The van der Waals surface area contributed by atoms with Gasteiger partial charge in [0.15, 0.2) is 12.4 Å². The van der Waals surface area contributed by atoms with Crippen LogP contribution in [0.15, 0.2) is 104 Å². The zero-order chi connectivity index (χ0) is 24.5. The van der Waals surface area contributed by atoms with Crippen LogP contribution < -0.4 is 4.57 Å². The number of nitrogens with zero attached hydrogens (tertiary/aromatic N) is 2. The summed E-state index contributed by atoms with van der Waals surface area (Å²) in [5, 5.41) is 5.16. The molecule has 2 nitrogen and oxygen atoms in total. The molecule has 3 aromatic carbocycles. The van der Waals surface area contributed by atoms with E-state index in [2.05, 4.69) is 82.6 Å². The zero-order valence-corrected chi connectivity index (χ0v) is 18.5. The Labute approximate surface area is 191 Å². The van der Waals surface area contributed by atoms with E-state index in [1.807, 2.05) is 30.5 Å². The minimum Gasteiger partial charge on any atom is -0.260 e. The first-order valence-corrected chi connectivity index (χ1v) is 12.2. The minimum absolute atomic E-state index is 0.809. The van der Waals surface area contributed by atoms with Gasteiger partial charge in [-0.1, -0.05) is 54.6 Å². The largest absolute Gasteiger partial charge is 0.260 e. The standard InChI is InChI=1S/C25H19N2.F6P/c1-6-14-27(15-7-1)22-12-13-26-21(17-22)18-25-23-10-4-2-8-19(23)16-20-9-3-5-11-24(20)25;1-7(2,3,4,5)6/h1-17H,18H2;/q+1;-1. The Kier molecular flexibility index (Phi) is 5.61. The summed E-state index contributed by atoms with van der Waals surface area (Å²) in [4.78, 5) is 4.66. The molecule has 2 aromatic heterocycles. The molecule has 0 fully saturated rings. The number of benzene rings is 3. The van der Waals surface area contributed by atoms with E-state index in [1.54, 1.807) is 0 Å². The van der Waals surface area contributed by atoms with Crippen LogP contribution in [0.4, 0.5) is 25.2 Å². The van der Waals surface area contributed by atoms with Gasteiger partial charge in [-0.25, -0.2) is 0 Å². The molecule has 176 valence electrons. The number of pyridine rings is 2. The molecule has 0 aliphatic carbocycles. The monoisotopic (exact) mass is 492 g/mol. The molecule has 0 unspecified atom stereocenters. The van der Waals surface area contributed by atoms with Gasteiger partial charge in [-0.2, -0.15) is 4.57 Å². The van der Waals surface area contributed by atoms with Gasteiger partial charge in [0.05, 0.1) is 5.69 Å². The quantitative estimate of drug-likeness (QED) is 0.107. The normalized spacial score (nSPS) is 13.6. The van der Waals surface area contributed by atoms with Gasteiger partial charge in [-0.05, 0) is 33.2 Å². The summed E-state index contributed by atoms with van der Waals surface area (Å²) in [5.74, 6) is 0. The van der Waals surface area contributed by atoms with Crippen molar-refractivity contribution in [2.45, 2.75) is 6.42 Å². The van der Waals surface area contributed by atoms with Crippen LogP contribution in [-0.4, -0.2) is 4.98 Å². The maximum absolute atomic E-state index is 10.7. The van der Waals surface area contributed by atoms with Crippen LogP contribution in [0.1, 0.15) is 11.3 Å². The number of aromatic nitrogens is 2. The van der Waals surface area contributed by atoms with Crippen molar-refractivity contribution in [2.24, 2.45) is 0 Å². The number of fused-ring (bicyclic) bond motifs is 2. The number of hydrogen-bond donors (Lipinski definition) is 0. The van der Waals surface area contributed by atoms with Gasteiger partial charge in [0.2, 0.25) is 5.69 Å². The van der Waals surface area contributed by atoms with Gasteiger partial charge in [-0.15, -0.1) is 0 Å². The predicted molar refractivity (Wildman–Crippen MR) is 124 cm³/mol. The molecule has 0 atom stereocenters. The molecule has 0 saturated carbocycles. The molecule has 0 aliphatic heterocycles. The van der Waals surface area contributed by atoms with Crippen molar-refractivity contribution in [3.8, 4) is 5.69 Å². The third-order valence-electron chi connectivity index (χ3n) is 5.05. The molecular weight excluding hydrogens is 473 g/mol. The van der Waals surface area contributed by atoms with Gasteiger partial charge < -0.3 is 0 Å². The fourth-order valence-corrected chi connectivity index (χ4v) is 3.77. The van der Waals surface area contributed by atoms with Crippen LogP contribution in [-0.2, 0) is 6.42 Å². The van der Waals surface area contributed by atoms with Gasteiger partial charge in [0.25, 0.3) is 0 Å². The van der Waals surface area contributed by atoms with Crippen LogP contribution in [0, 0.1) is 0 Å². The Balaban J connectivity index is 0.000000344. The minimum atomic E-state index is -10.7. The molecule has 0 spiro atoms. The number of hydrogen-bond acceptors (Lipinski definition) is 1. The average molecular weight is 492 g/mol. The van der Waals surface area contributed by atoms with E-state index in [4.69, 9.17) is 0 Å². The Hall–Kier alpha value is -3.51. The first kappa shape index (κ1) is 23.6. The molecule has 0 saturated heterocycles. The molecule has 0 bridgehead atoms. The Morgan fingerprint density at radius 1 is 0.647 bits per heavy atom. The van der Waals surface area contributed by atoms with Gasteiger partial charge in [0, 0.05) is 36.9 Å². The van der Waals surface area contributed by atoms with Crippen LogP contribution in [0.5, 0.6) is 0 Å². The van der Waals surface area contributed by atoms with Crippen molar-refractivity contribution >= 4 is 29.4 Å². The number of halogens is 6. The van der Waals surface area contributed by atoms with Crippen molar-refractivity contribution < 1.29 is 29.7 Å². The van der Waals surface area contributed by atoms with E-state index in [0.29, 0.717) is 0 Å². The Morgan fingerprint density at radius 3 is 1.74 bits per heavy atom. The first-order valence-electron chi connectivity index (χ1n) is 10.2. The SMILES string of the molecule is F[P-](F)(F)(F)(F)F.c1cc[n+](-c2ccnc(Cc3c4ccccc4cc4ccccc34)c2)cc1. The molecule has 0 amide bonds. The fraction of sp³-hybridized carbons (Fsp3) is 0.0400. The van der Waals surface area contributed by atoms with Crippen LogP contribution in [0.2, 0.25) is 0 Å². The van der Waals surface area contributed by atoms with E-state index in [1.165, 1.54) is 27.1 Å². The van der Waals surface area contributed by atoms with Crippen LogP contribution >= 0.6 is 7.81 Å². The summed E-state index contributed by atoms with van der Waals surface area (Å²) in [6, 6.07) is 29.9. The van der Waals surface area contributed by atoms with E-state index in [-0.39, 0.29) is 0 Å². The summed E-state index contributed by atoms with van der Waals surface area (Å²) >= 11 is 0. The molecule has 9 heteroatoms. The van der Waals surface area contributed by atoms with Crippen molar-refractivity contribution in [1.29, 1.82) is 0 Å². The summed E-state index contributed by atoms with van der Waals surface area (Å²) in [5.41, 5.74) is 3.54. The average Bonchev–Trinajstić information content (AvgIpc) is 2.78. The maximum atomic E-state index is 9.87. The zero-order valence-electron chi connectivity index (χ0n) is 17.6. The first-order chi connectivity index (χ1) is 15.8. The third-order valence-corrected chi connectivity index (χ3v) is 5.05. The molecule has 0 aliphatic rings. The third kappa shape index (κ3) is 6.75. The summed E-state index contributed by atoms with van der Waals surface area (Å²) in [6.45, 7) is 0. The Bertz CT molecular complexity index is 1410. The summed E-state index contributed by atoms with van der Waals surface area (Å²) in [6.07, 6.45) is 6.83. The second-order valence-corrected chi connectivity index (χ2v) is 9.64. The van der Waals surface area contributed by atoms with Gasteiger partial charge >= 0.3 is 33.0 Å². The number of rotatable bonds is 3. The fourth-order valence-electron chi connectivity index (χ4n) is 3.77. The summed E-state index contributed by atoms with van der Waals surface area (Å²) in [7, 11) is -10.7. The molecular formula is C25H19F6N2P. The summed E-state index contributed by atoms with van der Waals surface area (Å²) < 4.78 is 61.3. The van der Waals surface area contributed by atoms with E-state index < -0.39 is 7.81 Å². The van der Waals surface area contributed by atoms with Crippen molar-refractivity contribution in [1.82, 2.24) is 4.98 Å². The predicted octanol–water partition coefficient (Wildman–Crippen LogP) is 8.64. The van der Waals surface area contributed by atoms with Crippen LogP contribution in [0.25, 0.3) is 27.2 Å². The molecule has 5 aromatic rings. The topological polar surface area (TPSA) is 16.8 Å². The molecule has 5 rings (SSSR count). The van der Waals surface area contributed by atoms with E-state index in [0.717, 1.165) is 17.8 Å². The smallest absolute Gasteiger partial charge is 0.213 e. The van der Waals surface area contributed by atoms with E-state index in [9.17, 15) is 25.2 Å². The molecule has 34 heavy (non-hydrogen) atoms. The van der Waals surface area contributed by atoms with Crippen molar-refractivity contribution in [2.75, 3.05) is 0 Å². The maximum Gasteiger partial charge on any atom is 0.213 e.